The predicted molar refractivity (Wildman–Crippen MR) is 203 cm³/mol. The van der Waals surface area contributed by atoms with Gasteiger partial charge < -0.3 is 35.0 Å². The molecule has 0 fully saturated rings. The van der Waals surface area contributed by atoms with Crippen molar-refractivity contribution in [1.29, 1.82) is 0 Å². The quantitative estimate of drug-likeness (QED) is 0.109. The zero-order valence-electron chi connectivity index (χ0n) is 30.8. The number of aliphatic carboxylic acids is 1. The van der Waals surface area contributed by atoms with Gasteiger partial charge in [-0.1, -0.05) is 6.92 Å². The lowest BCUT2D eigenvalue weighted by Gasteiger charge is -2.15. The van der Waals surface area contributed by atoms with E-state index in [1.807, 2.05) is 26.8 Å². The van der Waals surface area contributed by atoms with Crippen molar-refractivity contribution >= 4 is 60.5 Å². The minimum Gasteiger partial charge on any atom is -0.512 e. The summed E-state index contributed by atoms with van der Waals surface area (Å²) in [5.74, 6) is -2.15. The Balaban J connectivity index is 1.87. The van der Waals surface area contributed by atoms with Gasteiger partial charge in [-0.2, -0.15) is 0 Å². The molecule has 0 radical (unpaired) electrons. The third-order valence-electron chi connectivity index (χ3n) is 9.69. The van der Waals surface area contributed by atoms with Gasteiger partial charge in [0.1, 0.15) is 0 Å². The van der Waals surface area contributed by atoms with Gasteiger partial charge in [0.15, 0.2) is 0 Å². The van der Waals surface area contributed by atoms with Crippen molar-refractivity contribution in [3.8, 4) is 0 Å². The molecular formula is C38H44N5O9P. The van der Waals surface area contributed by atoms with Crippen molar-refractivity contribution in [2.45, 2.75) is 73.6 Å². The maximum atomic E-state index is 14.0. The molecule has 0 aromatic carbocycles. The van der Waals surface area contributed by atoms with E-state index < -0.39 is 31.6 Å². The first-order chi connectivity index (χ1) is 24.9. The molecule has 280 valence electrons. The van der Waals surface area contributed by atoms with E-state index in [2.05, 4.69) is 10.3 Å². The zero-order valence-corrected chi connectivity index (χ0v) is 31.7. The second-order valence-electron chi connectivity index (χ2n) is 13.2. The second kappa shape index (κ2) is 15.4. The first kappa shape index (κ1) is 39.0. The van der Waals surface area contributed by atoms with E-state index in [4.69, 9.17) is 19.7 Å². The number of carboxylic acids is 1. The Morgan fingerprint density at radius 2 is 1.60 bits per heavy atom. The largest absolute Gasteiger partial charge is 0.512 e. The summed E-state index contributed by atoms with van der Waals surface area (Å²) >= 11 is 0. The number of aromatic nitrogens is 1. The van der Waals surface area contributed by atoms with Crippen LogP contribution in [0.2, 0.25) is 0 Å². The van der Waals surface area contributed by atoms with Crippen molar-refractivity contribution < 1.29 is 43.7 Å². The highest BCUT2D eigenvalue weighted by molar-refractivity contribution is 7.51. The van der Waals surface area contributed by atoms with Gasteiger partial charge in [-0.15, -0.1) is 0 Å². The van der Waals surface area contributed by atoms with Gasteiger partial charge in [0, 0.05) is 29.5 Å². The van der Waals surface area contributed by atoms with Gasteiger partial charge in [0.05, 0.1) is 70.6 Å². The summed E-state index contributed by atoms with van der Waals surface area (Å²) in [7, 11) is -3.06. The predicted octanol–water partition coefficient (Wildman–Crippen LogP) is 4.12. The molecule has 0 saturated heterocycles. The molecule has 5 rings (SSSR count). The third-order valence-corrected chi connectivity index (χ3v) is 10.6. The maximum Gasteiger partial charge on any atom is 0.325 e. The number of hydrogen-bond donors (Lipinski definition) is 6. The molecule has 4 aliphatic heterocycles. The monoisotopic (exact) mass is 745 g/mol. The first-order valence-electron chi connectivity index (χ1n) is 17.2. The van der Waals surface area contributed by atoms with Crippen LogP contribution in [0.15, 0.2) is 77.2 Å². The summed E-state index contributed by atoms with van der Waals surface area (Å²) in [5, 5.41) is 24.5. The summed E-state index contributed by atoms with van der Waals surface area (Å²) in [6, 6.07) is 0. The second-order valence-corrected chi connectivity index (χ2v) is 15.0. The normalized spacial score (nSPS) is 17.7. The molecule has 1 aromatic heterocycles. The smallest absolute Gasteiger partial charge is 0.325 e. The van der Waals surface area contributed by atoms with Crippen LogP contribution in [0.4, 0.5) is 0 Å². The lowest BCUT2D eigenvalue weighted by Crippen LogP contribution is -2.28. The fourth-order valence-corrected chi connectivity index (χ4v) is 7.47. The van der Waals surface area contributed by atoms with Crippen LogP contribution in [0, 0.1) is 6.92 Å². The summed E-state index contributed by atoms with van der Waals surface area (Å²) in [4.78, 5) is 76.0. The fraction of sp³-hybridized carbons (Fsp3) is 0.368. The Labute approximate surface area is 306 Å². The number of aliphatic imine (C=N–C) groups is 3. The van der Waals surface area contributed by atoms with E-state index in [1.165, 1.54) is 7.11 Å². The average Bonchev–Trinajstić information content (AvgIpc) is 3.77. The Morgan fingerprint density at radius 3 is 2.23 bits per heavy atom. The number of allylic oxidation sites excluding steroid dienone is 6. The number of fused-ring (bicyclic) bond motifs is 5. The first-order valence-corrected chi connectivity index (χ1v) is 19.0. The molecule has 15 heteroatoms. The molecule has 0 unspecified atom stereocenters. The van der Waals surface area contributed by atoms with Crippen molar-refractivity contribution in [2.24, 2.45) is 15.0 Å². The van der Waals surface area contributed by atoms with Crippen LogP contribution in [0.1, 0.15) is 78.0 Å². The number of esters is 1. The average molecular weight is 746 g/mol. The lowest BCUT2D eigenvalue weighted by molar-refractivity contribution is -0.140. The van der Waals surface area contributed by atoms with Crippen LogP contribution in [0.25, 0.3) is 17.9 Å². The van der Waals surface area contributed by atoms with Gasteiger partial charge in [-0.05, 0) is 106 Å². The molecule has 1 aromatic rings. The molecule has 0 atom stereocenters. The van der Waals surface area contributed by atoms with Gasteiger partial charge in [0.25, 0.3) is 5.91 Å². The molecule has 8 bridgehead atoms. The topological polar surface area (TPSA) is 223 Å². The van der Waals surface area contributed by atoms with Crippen molar-refractivity contribution in [2.75, 3.05) is 19.8 Å². The molecule has 1 amide bonds. The number of amides is 1. The molecule has 53 heavy (non-hydrogen) atoms. The fourth-order valence-electron chi connectivity index (χ4n) is 6.90. The van der Waals surface area contributed by atoms with Crippen molar-refractivity contribution in [1.82, 2.24) is 10.3 Å². The molecule has 0 aliphatic carbocycles. The number of H-pyrrole nitrogens is 1. The highest BCUT2D eigenvalue weighted by Crippen LogP contribution is 2.39. The number of hydrogen-bond acceptors (Lipinski definition) is 9. The Kier molecular flexibility index (Phi) is 11.4. The van der Waals surface area contributed by atoms with Crippen LogP contribution in [-0.4, -0.2) is 79.8 Å². The zero-order chi connectivity index (χ0) is 38.9. The van der Waals surface area contributed by atoms with E-state index in [0.717, 1.165) is 16.7 Å². The standard InChI is InChI=1S/C38H44N5O9P/c1-8-23-18(2)26-17-31-34(22(6)44)20(4)28(41-31)15-27-19(3)24(10-11-32(45)46)36(42-27)25(14-33(47)52-7)37-35(21(5)29(43-37)16-30(23)40-26)38(48)39-12-9-13-53(49,50)51/h15-17,41,44H,8-14H2,1-7H3,(H,39,48)(H,45,46)(H2,49,50,51)/b27-15?,30-16?,31-17?,34-22+,37-25?. The molecule has 5 heterocycles. The number of carbonyl (C=O) groups is 3. The van der Waals surface area contributed by atoms with Crippen LogP contribution in [-0.2, 0) is 23.7 Å². The van der Waals surface area contributed by atoms with Crippen LogP contribution in [0.5, 0.6) is 0 Å². The Hall–Kier alpha value is -5.17. The number of aromatic amines is 1. The Morgan fingerprint density at radius 1 is 0.906 bits per heavy atom. The number of carboxylic acid groups (broad SMARTS) is 1. The number of ether oxygens (including phenoxy) is 1. The third kappa shape index (κ3) is 8.09. The van der Waals surface area contributed by atoms with Crippen molar-refractivity contribution in [3.63, 3.8) is 0 Å². The molecule has 6 N–H and O–H groups in total. The Bertz CT molecular complexity index is 2300. The van der Waals surface area contributed by atoms with Crippen molar-refractivity contribution in [3.05, 3.63) is 84.0 Å². The molecule has 0 saturated carbocycles. The number of carbonyl (C=O) groups excluding carboxylic acids is 2. The van der Waals surface area contributed by atoms with Gasteiger partial charge >= 0.3 is 19.5 Å². The summed E-state index contributed by atoms with van der Waals surface area (Å²) in [6.45, 7) is 10.9. The number of aliphatic hydroxyl groups is 1. The number of methoxy groups -OCH3 is 1. The van der Waals surface area contributed by atoms with E-state index in [0.29, 0.717) is 62.2 Å². The van der Waals surface area contributed by atoms with Crippen LogP contribution in [0.3, 0.4) is 0 Å². The van der Waals surface area contributed by atoms with Gasteiger partial charge in [-0.3, -0.25) is 18.9 Å². The molecule has 14 nitrogen and oxygen atoms in total. The van der Waals surface area contributed by atoms with E-state index >= 15 is 0 Å². The van der Waals surface area contributed by atoms with Crippen LogP contribution < -0.4 is 15.9 Å². The van der Waals surface area contributed by atoms with Crippen LogP contribution >= 0.6 is 7.60 Å². The van der Waals surface area contributed by atoms with Gasteiger partial charge in [-0.25, -0.2) is 15.0 Å². The lowest BCUT2D eigenvalue weighted by atomic mass is 9.90. The number of nitrogens with zero attached hydrogens (tertiary/aromatic N) is 3. The number of nitrogens with one attached hydrogen (secondary N) is 2. The van der Waals surface area contributed by atoms with E-state index in [1.54, 1.807) is 32.9 Å². The van der Waals surface area contributed by atoms with E-state index in [-0.39, 0.29) is 60.5 Å². The van der Waals surface area contributed by atoms with Gasteiger partial charge in [0.2, 0.25) is 0 Å². The molecular weight excluding hydrogens is 701 g/mol. The number of rotatable bonds is 11. The summed E-state index contributed by atoms with van der Waals surface area (Å²) < 4.78 is 16.6. The summed E-state index contributed by atoms with van der Waals surface area (Å²) in [5.41, 5.74) is 7.88. The van der Waals surface area contributed by atoms with E-state index in [9.17, 15) is 38.9 Å². The molecule has 0 spiro atoms. The summed E-state index contributed by atoms with van der Waals surface area (Å²) in [6.07, 6.45) is 5.14. The molecule has 4 aliphatic rings. The highest BCUT2D eigenvalue weighted by Gasteiger charge is 2.35. The minimum atomic E-state index is -4.29. The number of aliphatic hydroxyl groups excluding tert-OH is 1. The minimum absolute atomic E-state index is 0.0171. The SMILES string of the molecule is CCC1=C(C)C2=NC1=CC1=NC(=C(CC(=O)OC)C3=NC(=Cc4[nH]c(/c(=C(\C)O)c4C)=C2)C(C)=C3CCC(=O)O)C(C(=O)NCCCP(=O)(O)O)=C1C. The highest BCUT2D eigenvalue weighted by atomic mass is 31.2. The maximum absolute atomic E-state index is 14.0.